The molecule has 3 saturated carbocycles. The van der Waals surface area contributed by atoms with Crippen LogP contribution < -0.4 is 0 Å². The number of fused-ring (bicyclic) bond motifs is 5. The Kier molecular flexibility index (Phi) is 22.2. The zero-order chi connectivity index (χ0) is 63.4. The van der Waals surface area contributed by atoms with Crippen LogP contribution in [0.15, 0.2) is 23.3 Å². The molecule has 32 atom stereocenters. The number of carbonyl (C=O) groups is 2. The van der Waals surface area contributed by atoms with Crippen molar-refractivity contribution in [2.24, 2.45) is 28.6 Å². The molecule has 0 bridgehead atoms. The molecule has 0 radical (unpaired) electrons. The summed E-state index contributed by atoms with van der Waals surface area (Å²) in [6.07, 6.45) is -16.1. The fraction of sp³-hybridized carbons (Fsp3) is 0.903. The third-order valence-corrected chi connectivity index (χ3v) is 21.6. The molecule has 25 heteroatoms. The Morgan fingerprint density at radius 2 is 1.17 bits per heavy atom. The van der Waals surface area contributed by atoms with Gasteiger partial charge >= 0.3 is 11.9 Å². The maximum Gasteiger partial charge on any atom is 0.333 e. The van der Waals surface area contributed by atoms with E-state index in [4.69, 9.17) is 75.8 Å². The fourth-order valence-electron chi connectivity index (χ4n) is 16.5. The van der Waals surface area contributed by atoms with E-state index in [9.17, 15) is 45.3 Å². The first-order valence-electron chi connectivity index (χ1n) is 31.3. The van der Waals surface area contributed by atoms with Crippen LogP contribution in [0.4, 0.5) is 0 Å². The molecular weight excluding hydrogens is 1140 g/mol. The molecular formula is C62H100O25. The minimum Gasteiger partial charge on any atom is -0.463 e. The Hall–Kier alpha value is -2.42. The van der Waals surface area contributed by atoms with Crippen molar-refractivity contribution in [3.63, 3.8) is 0 Å². The molecule has 25 nitrogen and oxygen atoms in total. The van der Waals surface area contributed by atoms with Crippen LogP contribution in [0.3, 0.4) is 0 Å². The molecule has 9 rings (SSSR count). The Labute approximate surface area is 510 Å². The summed E-state index contributed by atoms with van der Waals surface area (Å²) in [5, 5.41) is 77.4. The van der Waals surface area contributed by atoms with Crippen molar-refractivity contribution < 1.29 is 121 Å². The highest BCUT2D eigenvalue weighted by Crippen LogP contribution is 2.69. The molecule has 498 valence electrons. The third kappa shape index (κ3) is 13.2. The molecule has 5 heterocycles. The smallest absolute Gasteiger partial charge is 0.333 e. The summed E-state index contributed by atoms with van der Waals surface area (Å²) >= 11 is 0. The quantitative estimate of drug-likeness (QED) is 0.0555. The molecule has 0 spiro atoms. The minimum absolute atomic E-state index is 0.0233. The highest BCUT2D eigenvalue weighted by molar-refractivity contribution is 5.87. The lowest BCUT2D eigenvalue weighted by atomic mass is 9.44. The van der Waals surface area contributed by atoms with Gasteiger partial charge in [-0.2, -0.15) is 0 Å². The molecule has 4 aliphatic carbocycles. The van der Waals surface area contributed by atoms with E-state index in [-0.39, 0.29) is 41.7 Å². The van der Waals surface area contributed by atoms with Gasteiger partial charge in [0.25, 0.3) is 0 Å². The van der Waals surface area contributed by atoms with Gasteiger partial charge in [0.15, 0.2) is 31.5 Å². The highest BCUT2D eigenvalue weighted by Gasteiger charge is 2.72. The van der Waals surface area contributed by atoms with E-state index in [1.807, 2.05) is 27.7 Å². The van der Waals surface area contributed by atoms with E-state index in [0.29, 0.717) is 44.1 Å². The van der Waals surface area contributed by atoms with Crippen LogP contribution in [-0.2, 0) is 85.4 Å². The fourth-order valence-corrected chi connectivity index (χ4v) is 16.5. The lowest BCUT2D eigenvalue weighted by molar-refractivity contribution is -0.383. The van der Waals surface area contributed by atoms with Gasteiger partial charge in [-0.1, -0.05) is 31.6 Å². The third-order valence-electron chi connectivity index (χ3n) is 21.6. The minimum atomic E-state index is -1.71. The van der Waals surface area contributed by atoms with Crippen molar-refractivity contribution in [3.05, 3.63) is 23.3 Å². The number of esters is 2. The van der Waals surface area contributed by atoms with Gasteiger partial charge in [0.05, 0.1) is 54.9 Å². The number of aliphatic hydroxyl groups excluding tert-OH is 6. The molecule has 0 aromatic rings. The van der Waals surface area contributed by atoms with Crippen LogP contribution in [-0.4, -0.2) is 248 Å². The number of hydrogen-bond acceptors (Lipinski definition) is 25. The van der Waals surface area contributed by atoms with Gasteiger partial charge in [-0.3, -0.25) is 4.79 Å². The summed E-state index contributed by atoms with van der Waals surface area (Å²) in [6.45, 7) is 17.5. The van der Waals surface area contributed by atoms with Gasteiger partial charge in [0.2, 0.25) is 0 Å². The molecule has 9 aliphatic rings. The molecule has 87 heavy (non-hydrogen) atoms. The SMILES string of the molecule is C/C=C(\C)C(=O)O[C@@H]1C[C@H]2[C@@H](CC=C3C[C@@H](O[C@H]4C[C@H](OC)[C@@H](O[C@H]5C[C@H](OC)[C@@H](O[C@@H]6O[C@H](C)[C@@H](O[C@@H]7O[C@H](C)[C@@H](O[C@@H]8O[C@H](CO)[C@@H](O)[C@H](O)[C@H]8O)[C@@H](OC)[C@H]7O)[C@H](OC)[C@H]6O)[C@@H](C)O5)[C@@H](C)O4)CC[C@@]32C)[C@@]2(O)CC[C@H](C(C)OC(C)=O)[C@@]12C. The zero-order valence-corrected chi connectivity index (χ0v) is 52.9. The first kappa shape index (κ1) is 68.9. The molecule has 5 saturated heterocycles. The standard InChI is InChI=1S/C62H100O25/c1-15-27(2)56(70)83-42-23-38-37(62(71)21-19-36(61(42,62)10)28(3)76-33(8)64)17-16-34-22-35(18-20-60(34,38)9)81-43-24-39(72-11)50(29(4)77-43)84-44-25-40(73-12)51(30(5)78-44)85-58-48(68)54(74-13)53(32(7)79-58)87-59-49(69)55(75-14)52(31(6)80-59)86-57-47(67)46(66)45(65)41(26-63)82-57/h15-16,28-32,35-55,57-59,63,65-69,71H,17-26H2,1-14H3/b27-15+/t28?,29-,30-,31-,32-,35+,36-,37-,38+,39+,40+,41-,42-,43+,44+,45-,46+,47-,48-,49-,50+,51+,52-,53-,54-,55+,57+,58+,59+,60+,61+,62+/m1/s1. The molecule has 7 N–H and O–H groups in total. The Balaban J connectivity index is 0.784. The van der Waals surface area contributed by atoms with Gasteiger partial charge in [-0.25, -0.2) is 4.79 Å². The lowest BCUT2D eigenvalue weighted by Crippen LogP contribution is -2.67. The second kappa shape index (κ2) is 28.0. The number of allylic oxidation sites excluding steroid dienone is 2. The Morgan fingerprint density at radius 3 is 1.70 bits per heavy atom. The van der Waals surface area contributed by atoms with Crippen LogP contribution in [0.1, 0.15) is 127 Å². The largest absolute Gasteiger partial charge is 0.463 e. The number of methoxy groups -OCH3 is 4. The summed E-state index contributed by atoms with van der Waals surface area (Å²) in [4.78, 5) is 25.8. The number of rotatable bonds is 19. The van der Waals surface area contributed by atoms with E-state index in [1.54, 1.807) is 48.0 Å². The van der Waals surface area contributed by atoms with Crippen molar-refractivity contribution >= 4 is 11.9 Å². The van der Waals surface area contributed by atoms with Crippen LogP contribution >= 0.6 is 0 Å². The highest BCUT2D eigenvalue weighted by atomic mass is 16.8. The van der Waals surface area contributed by atoms with Gasteiger partial charge in [-0.05, 0) is 111 Å². The summed E-state index contributed by atoms with van der Waals surface area (Å²) in [5.74, 6) is -1.06. The maximum absolute atomic E-state index is 13.6. The number of hydrogen-bond donors (Lipinski definition) is 7. The number of aliphatic hydroxyl groups is 7. The monoisotopic (exact) mass is 1240 g/mol. The first-order chi connectivity index (χ1) is 41.2. The average Bonchev–Trinajstić information content (AvgIpc) is 1.65. The van der Waals surface area contributed by atoms with Crippen LogP contribution in [0.2, 0.25) is 0 Å². The molecule has 5 aliphatic heterocycles. The molecule has 8 fully saturated rings. The summed E-state index contributed by atoms with van der Waals surface area (Å²) in [5.41, 5.74) is -0.533. The van der Waals surface area contributed by atoms with Crippen molar-refractivity contribution in [2.45, 2.75) is 292 Å². The van der Waals surface area contributed by atoms with Crippen molar-refractivity contribution in [2.75, 3.05) is 35.0 Å². The van der Waals surface area contributed by atoms with E-state index in [2.05, 4.69) is 13.0 Å². The number of ether oxygens (including phenoxy) is 16. The van der Waals surface area contributed by atoms with E-state index < -0.39 is 177 Å². The van der Waals surface area contributed by atoms with Gasteiger partial charge in [0.1, 0.15) is 85.5 Å². The number of carbonyl (C=O) groups excluding carboxylic acids is 2. The predicted molar refractivity (Wildman–Crippen MR) is 302 cm³/mol. The van der Waals surface area contributed by atoms with Crippen LogP contribution in [0.25, 0.3) is 0 Å². The van der Waals surface area contributed by atoms with Crippen molar-refractivity contribution in [1.29, 1.82) is 0 Å². The molecule has 0 aromatic heterocycles. The molecule has 0 amide bonds. The van der Waals surface area contributed by atoms with Crippen molar-refractivity contribution in [3.8, 4) is 0 Å². The summed E-state index contributed by atoms with van der Waals surface area (Å²) in [7, 11) is 5.91. The van der Waals surface area contributed by atoms with Crippen LogP contribution in [0, 0.1) is 28.6 Å². The Morgan fingerprint density at radius 1 is 0.644 bits per heavy atom. The molecule has 1 unspecified atom stereocenters. The Bertz CT molecular complexity index is 2380. The van der Waals surface area contributed by atoms with Gasteiger partial charge in [0, 0.05) is 65.1 Å². The van der Waals surface area contributed by atoms with Crippen molar-refractivity contribution in [1.82, 2.24) is 0 Å². The topological polar surface area (TPSA) is 323 Å². The van der Waals surface area contributed by atoms with E-state index >= 15 is 0 Å². The van der Waals surface area contributed by atoms with E-state index in [1.165, 1.54) is 26.7 Å². The summed E-state index contributed by atoms with van der Waals surface area (Å²) in [6, 6.07) is 0. The van der Waals surface area contributed by atoms with E-state index in [0.717, 1.165) is 12.8 Å². The molecule has 0 aromatic carbocycles. The van der Waals surface area contributed by atoms with Gasteiger partial charge < -0.3 is 112 Å². The second-order valence-electron chi connectivity index (χ2n) is 26.3. The first-order valence-corrected chi connectivity index (χ1v) is 31.3. The second-order valence-corrected chi connectivity index (χ2v) is 26.3. The summed E-state index contributed by atoms with van der Waals surface area (Å²) < 4.78 is 99.1. The maximum atomic E-state index is 13.6. The predicted octanol–water partition coefficient (Wildman–Crippen LogP) is 2.39. The van der Waals surface area contributed by atoms with Gasteiger partial charge in [-0.15, -0.1) is 0 Å². The normalized spacial score (nSPS) is 49.8. The average molecular weight is 1250 g/mol. The lowest BCUT2D eigenvalue weighted by Gasteiger charge is -2.63. The zero-order valence-electron chi connectivity index (χ0n) is 52.9. The van der Waals surface area contributed by atoms with Crippen LogP contribution in [0.5, 0.6) is 0 Å².